The van der Waals surface area contributed by atoms with Crippen LogP contribution in [0, 0.1) is 0 Å². The Kier molecular flexibility index (Phi) is 5.36. The molecule has 22 heavy (non-hydrogen) atoms. The van der Waals surface area contributed by atoms with Crippen molar-refractivity contribution < 1.29 is 14.3 Å². The van der Waals surface area contributed by atoms with E-state index in [1.165, 1.54) is 16.4 Å². The van der Waals surface area contributed by atoms with Crippen LogP contribution in [0.3, 0.4) is 0 Å². The van der Waals surface area contributed by atoms with Crippen LogP contribution < -0.4 is 10.6 Å². The van der Waals surface area contributed by atoms with Crippen LogP contribution in [-0.2, 0) is 16.6 Å². The highest BCUT2D eigenvalue weighted by Crippen LogP contribution is 2.22. The zero-order valence-corrected chi connectivity index (χ0v) is 13.4. The second kappa shape index (κ2) is 7.25. The van der Waals surface area contributed by atoms with Gasteiger partial charge in [0.2, 0.25) is 5.16 Å². The van der Waals surface area contributed by atoms with Crippen molar-refractivity contribution in [2.24, 2.45) is 7.05 Å². The SMILES string of the molecule is CCOC(=O)C1=C(CSc2nnnn2C)NC(=O)N[C@@H]1CC. The molecule has 10 heteroatoms. The van der Waals surface area contributed by atoms with Crippen LogP contribution in [0.4, 0.5) is 4.79 Å². The lowest BCUT2D eigenvalue weighted by atomic mass is 10.0. The van der Waals surface area contributed by atoms with E-state index in [9.17, 15) is 9.59 Å². The van der Waals surface area contributed by atoms with Gasteiger partial charge in [0.15, 0.2) is 0 Å². The van der Waals surface area contributed by atoms with Crippen molar-refractivity contribution in [1.29, 1.82) is 0 Å². The molecule has 0 unspecified atom stereocenters. The molecule has 0 bridgehead atoms. The molecule has 1 aromatic rings. The minimum atomic E-state index is -0.423. The van der Waals surface area contributed by atoms with Crippen molar-refractivity contribution in [3.05, 3.63) is 11.3 Å². The van der Waals surface area contributed by atoms with E-state index in [0.717, 1.165) is 0 Å². The van der Waals surface area contributed by atoms with Gasteiger partial charge in [-0.15, -0.1) is 5.10 Å². The lowest BCUT2D eigenvalue weighted by Gasteiger charge is -2.28. The molecule has 1 aromatic heterocycles. The molecule has 0 aromatic carbocycles. The van der Waals surface area contributed by atoms with E-state index in [4.69, 9.17) is 4.74 Å². The quantitative estimate of drug-likeness (QED) is 0.568. The monoisotopic (exact) mass is 326 g/mol. The van der Waals surface area contributed by atoms with Crippen LogP contribution in [0.15, 0.2) is 16.4 Å². The molecule has 0 radical (unpaired) electrons. The maximum atomic E-state index is 12.2. The van der Waals surface area contributed by atoms with Gasteiger partial charge in [0.05, 0.1) is 18.2 Å². The molecule has 9 nitrogen and oxygen atoms in total. The number of esters is 1. The van der Waals surface area contributed by atoms with E-state index in [0.29, 0.717) is 28.6 Å². The van der Waals surface area contributed by atoms with Gasteiger partial charge in [-0.2, -0.15) is 0 Å². The van der Waals surface area contributed by atoms with Crippen molar-refractivity contribution in [1.82, 2.24) is 30.8 Å². The van der Waals surface area contributed by atoms with Gasteiger partial charge in [-0.25, -0.2) is 14.3 Å². The maximum Gasteiger partial charge on any atom is 0.337 e. The first-order valence-corrected chi connectivity index (χ1v) is 7.88. The number of hydrogen-bond acceptors (Lipinski definition) is 7. The average molecular weight is 326 g/mol. The summed E-state index contributed by atoms with van der Waals surface area (Å²) in [5.74, 6) is -0.0553. The molecule has 0 spiro atoms. The molecule has 1 aliphatic heterocycles. The molecule has 120 valence electrons. The van der Waals surface area contributed by atoms with Crippen LogP contribution in [-0.4, -0.2) is 50.6 Å². The second-order valence-electron chi connectivity index (χ2n) is 4.55. The Labute approximate surface area is 131 Å². The predicted octanol–water partition coefficient (Wildman–Crippen LogP) is 0.211. The third-order valence-corrected chi connectivity index (χ3v) is 4.11. The summed E-state index contributed by atoms with van der Waals surface area (Å²) >= 11 is 1.33. The van der Waals surface area contributed by atoms with Gasteiger partial charge in [0.25, 0.3) is 0 Å². The molecular formula is C12H18N6O3S. The number of carbonyl (C=O) groups is 2. The molecule has 2 amide bonds. The standard InChI is InChI=1S/C12H18N6O3S/c1-4-7-9(10(19)21-5-2)8(14-11(20)13-7)6-22-12-15-16-17-18(12)3/h7H,4-6H2,1-3H3,(H2,13,14,20)/t7-/m1/s1. The highest BCUT2D eigenvalue weighted by atomic mass is 32.2. The smallest absolute Gasteiger partial charge is 0.337 e. The molecule has 2 rings (SSSR count). The Hall–Kier alpha value is -2.10. The Balaban J connectivity index is 2.24. The number of carbonyl (C=O) groups excluding carboxylic acids is 2. The van der Waals surface area contributed by atoms with E-state index in [2.05, 4.69) is 26.2 Å². The summed E-state index contributed by atoms with van der Waals surface area (Å²) in [4.78, 5) is 23.9. The van der Waals surface area contributed by atoms with E-state index in [1.54, 1.807) is 14.0 Å². The van der Waals surface area contributed by atoms with Crippen LogP contribution >= 0.6 is 11.8 Å². The number of aryl methyl sites for hydroxylation is 1. The second-order valence-corrected chi connectivity index (χ2v) is 5.49. The highest BCUT2D eigenvalue weighted by Gasteiger charge is 2.31. The van der Waals surface area contributed by atoms with E-state index < -0.39 is 5.97 Å². The van der Waals surface area contributed by atoms with Gasteiger partial charge in [0, 0.05) is 18.5 Å². The third-order valence-electron chi connectivity index (χ3n) is 3.07. The summed E-state index contributed by atoms with van der Waals surface area (Å²) in [6.07, 6.45) is 0.598. The maximum absolute atomic E-state index is 12.2. The zero-order chi connectivity index (χ0) is 16.1. The van der Waals surface area contributed by atoms with Gasteiger partial charge in [0.1, 0.15) is 0 Å². The number of tetrazole rings is 1. The zero-order valence-electron chi connectivity index (χ0n) is 12.6. The number of urea groups is 1. The summed E-state index contributed by atoms with van der Waals surface area (Å²) in [5, 5.41) is 17.2. The first kappa shape index (κ1) is 16.3. The van der Waals surface area contributed by atoms with Crippen LogP contribution in [0.5, 0.6) is 0 Å². The van der Waals surface area contributed by atoms with Crippen molar-refractivity contribution >= 4 is 23.8 Å². The highest BCUT2D eigenvalue weighted by molar-refractivity contribution is 7.99. The Morgan fingerprint density at radius 1 is 1.45 bits per heavy atom. The minimum Gasteiger partial charge on any atom is -0.463 e. The fourth-order valence-electron chi connectivity index (χ4n) is 2.06. The number of hydrogen-bond donors (Lipinski definition) is 2. The molecule has 0 saturated carbocycles. The molecule has 1 atom stereocenters. The van der Waals surface area contributed by atoms with Crippen molar-refractivity contribution in [3.8, 4) is 0 Å². The van der Waals surface area contributed by atoms with Crippen LogP contribution in [0.25, 0.3) is 0 Å². The number of amides is 2. The summed E-state index contributed by atoms with van der Waals surface area (Å²) in [6.45, 7) is 3.92. The molecular weight excluding hydrogens is 308 g/mol. The van der Waals surface area contributed by atoms with E-state index in [-0.39, 0.29) is 18.7 Å². The van der Waals surface area contributed by atoms with Crippen LogP contribution in [0.2, 0.25) is 0 Å². The number of thioether (sulfide) groups is 1. The van der Waals surface area contributed by atoms with E-state index >= 15 is 0 Å². The molecule has 0 saturated heterocycles. The van der Waals surface area contributed by atoms with Crippen molar-refractivity contribution in [2.45, 2.75) is 31.5 Å². The lowest BCUT2D eigenvalue weighted by Crippen LogP contribution is -2.50. The predicted molar refractivity (Wildman–Crippen MR) is 78.9 cm³/mol. The van der Waals surface area contributed by atoms with Gasteiger partial charge in [-0.1, -0.05) is 18.7 Å². The largest absolute Gasteiger partial charge is 0.463 e. The molecule has 1 aliphatic rings. The Bertz CT molecular complexity index is 599. The first-order valence-electron chi connectivity index (χ1n) is 6.89. The topological polar surface area (TPSA) is 111 Å². The summed E-state index contributed by atoms with van der Waals surface area (Å²) in [7, 11) is 1.72. The first-order chi connectivity index (χ1) is 10.6. The van der Waals surface area contributed by atoms with Crippen LogP contribution in [0.1, 0.15) is 20.3 Å². The summed E-state index contributed by atoms with van der Waals surface area (Å²) in [6, 6.07) is -0.687. The molecule has 2 N–H and O–H groups in total. The molecule has 0 aliphatic carbocycles. The van der Waals surface area contributed by atoms with Gasteiger partial charge in [-0.3, -0.25) is 0 Å². The van der Waals surface area contributed by atoms with Crippen molar-refractivity contribution in [2.75, 3.05) is 12.4 Å². The van der Waals surface area contributed by atoms with Crippen molar-refractivity contribution in [3.63, 3.8) is 0 Å². The third kappa shape index (κ3) is 3.56. The number of nitrogens with one attached hydrogen (secondary N) is 2. The number of rotatable bonds is 6. The van der Waals surface area contributed by atoms with Gasteiger partial charge in [-0.05, 0) is 23.8 Å². The Morgan fingerprint density at radius 2 is 2.23 bits per heavy atom. The lowest BCUT2D eigenvalue weighted by molar-refractivity contribution is -0.139. The Morgan fingerprint density at radius 3 is 2.82 bits per heavy atom. The van der Waals surface area contributed by atoms with Gasteiger partial charge < -0.3 is 15.4 Å². The fraction of sp³-hybridized carbons (Fsp3) is 0.583. The van der Waals surface area contributed by atoms with E-state index in [1.807, 2.05) is 6.92 Å². The summed E-state index contributed by atoms with van der Waals surface area (Å²) in [5.41, 5.74) is 0.980. The number of nitrogens with zero attached hydrogens (tertiary/aromatic N) is 4. The number of aromatic nitrogens is 4. The molecule has 0 fully saturated rings. The van der Waals surface area contributed by atoms with Gasteiger partial charge >= 0.3 is 12.0 Å². The minimum absolute atomic E-state index is 0.278. The average Bonchev–Trinajstić information content (AvgIpc) is 2.89. The molecule has 2 heterocycles. The normalized spacial score (nSPS) is 18.0. The fourth-order valence-corrected chi connectivity index (χ4v) is 2.87. The summed E-state index contributed by atoms with van der Waals surface area (Å²) < 4.78 is 6.62. The number of ether oxygens (including phenoxy) is 1.